The van der Waals surface area contributed by atoms with Gasteiger partial charge in [-0.1, -0.05) is 30.3 Å². The first-order valence-corrected chi connectivity index (χ1v) is 7.23. The van der Waals surface area contributed by atoms with Crippen LogP contribution in [0, 0.1) is 0 Å². The number of nitrogens with zero attached hydrogens (tertiary/aromatic N) is 2. The highest BCUT2D eigenvalue weighted by molar-refractivity contribution is 5.93. The van der Waals surface area contributed by atoms with Gasteiger partial charge in [0.15, 0.2) is 5.76 Å². The summed E-state index contributed by atoms with van der Waals surface area (Å²) < 4.78 is 5.27. The number of nitrogen functional groups attached to an aromatic ring is 1. The summed E-state index contributed by atoms with van der Waals surface area (Å²) in [7, 11) is 0. The fourth-order valence-corrected chi connectivity index (χ4v) is 2.19. The number of carbonyl (C=O) groups excluding carboxylic acids is 1. The number of amides is 1. The molecule has 0 aliphatic heterocycles. The second kappa shape index (κ2) is 6.74. The second-order valence-corrected chi connectivity index (χ2v) is 4.97. The van der Waals surface area contributed by atoms with Gasteiger partial charge in [0.2, 0.25) is 5.95 Å². The molecule has 0 aliphatic carbocycles. The maximum absolute atomic E-state index is 12.2. The number of nitrogens with two attached hydrogens (primary N) is 1. The van der Waals surface area contributed by atoms with E-state index in [1.807, 2.05) is 30.3 Å². The Morgan fingerprint density at radius 2 is 1.96 bits per heavy atom. The highest BCUT2D eigenvalue weighted by Crippen LogP contribution is 2.18. The molecule has 23 heavy (non-hydrogen) atoms. The van der Waals surface area contributed by atoms with Gasteiger partial charge < -0.3 is 15.5 Å². The van der Waals surface area contributed by atoms with Gasteiger partial charge in [0.05, 0.1) is 6.26 Å². The largest absolute Gasteiger partial charge is 0.463 e. The van der Waals surface area contributed by atoms with Crippen LogP contribution < -0.4 is 11.1 Å². The van der Waals surface area contributed by atoms with Crippen LogP contribution in [-0.4, -0.2) is 22.4 Å². The van der Waals surface area contributed by atoms with E-state index in [9.17, 15) is 4.79 Å². The van der Waals surface area contributed by atoms with Gasteiger partial charge in [-0.05, 0) is 30.2 Å². The molecule has 3 aromatic rings. The van der Waals surface area contributed by atoms with Gasteiger partial charge in [-0.15, -0.1) is 0 Å². The summed E-state index contributed by atoms with van der Waals surface area (Å²) in [5, 5.41) is 2.83. The third kappa shape index (κ3) is 3.74. The van der Waals surface area contributed by atoms with Crippen molar-refractivity contribution in [1.82, 2.24) is 15.3 Å². The number of hydrogen-bond donors (Lipinski definition) is 2. The molecule has 0 fully saturated rings. The first kappa shape index (κ1) is 14.8. The van der Waals surface area contributed by atoms with Crippen LogP contribution in [0.2, 0.25) is 0 Å². The minimum absolute atomic E-state index is 0.0344. The molecular weight excluding hydrogens is 292 g/mol. The molecule has 116 valence electrons. The summed E-state index contributed by atoms with van der Waals surface area (Å²) in [4.78, 5) is 20.3. The highest BCUT2D eigenvalue weighted by Gasteiger charge is 2.12. The van der Waals surface area contributed by atoms with Crippen LogP contribution in [0.4, 0.5) is 5.95 Å². The molecule has 1 amide bonds. The van der Waals surface area contributed by atoms with Crippen molar-refractivity contribution < 1.29 is 9.21 Å². The van der Waals surface area contributed by atoms with Crippen LogP contribution in [0.1, 0.15) is 16.1 Å². The summed E-state index contributed by atoms with van der Waals surface area (Å²) in [6, 6.07) is 15.0. The van der Waals surface area contributed by atoms with E-state index < -0.39 is 0 Å². The van der Waals surface area contributed by atoms with E-state index in [1.54, 1.807) is 18.2 Å². The van der Waals surface area contributed by atoms with E-state index in [4.69, 9.17) is 10.2 Å². The predicted octanol–water partition coefficient (Wildman–Crippen LogP) is 2.29. The van der Waals surface area contributed by atoms with Crippen molar-refractivity contribution >= 4 is 11.9 Å². The van der Waals surface area contributed by atoms with Crippen molar-refractivity contribution in [2.45, 2.75) is 6.42 Å². The van der Waals surface area contributed by atoms with Crippen molar-refractivity contribution in [2.24, 2.45) is 0 Å². The molecular formula is C17H16N4O2. The van der Waals surface area contributed by atoms with Crippen molar-refractivity contribution in [1.29, 1.82) is 0 Å². The van der Waals surface area contributed by atoms with E-state index in [0.717, 1.165) is 12.0 Å². The summed E-state index contributed by atoms with van der Waals surface area (Å²) in [5.74, 6) is 0.285. The molecule has 1 aromatic carbocycles. The van der Waals surface area contributed by atoms with Gasteiger partial charge in [0.25, 0.3) is 5.91 Å². The molecule has 2 aromatic heterocycles. The molecule has 6 nitrogen and oxygen atoms in total. The lowest BCUT2D eigenvalue weighted by Gasteiger charge is -2.06. The first-order chi connectivity index (χ1) is 11.2. The molecule has 0 spiro atoms. The van der Waals surface area contributed by atoms with Crippen LogP contribution in [0.25, 0.3) is 11.5 Å². The number of anilines is 1. The van der Waals surface area contributed by atoms with E-state index in [2.05, 4.69) is 15.3 Å². The summed E-state index contributed by atoms with van der Waals surface area (Å²) >= 11 is 0. The standard InChI is InChI=1S/C17H16N4O2/c18-17-20-13(15-7-4-10-23-15)11-14(21-17)16(22)19-9-8-12-5-2-1-3-6-12/h1-7,10-11H,8-9H2,(H,19,22)(H2,18,20,21). The molecule has 2 heterocycles. The van der Waals surface area contributed by atoms with Crippen LogP contribution in [0.15, 0.2) is 59.2 Å². The van der Waals surface area contributed by atoms with E-state index in [0.29, 0.717) is 18.0 Å². The molecule has 0 saturated heterocycles. The highest BCUT2D eigenvalue weighted by atomic mass is 16.3. The minimum Gasteiger partial charge on any atom is -0.463 e. The molecule has 0 aliphatic rings. The van der Waals surface area contributed by atoms with Crippen molar-refractivity contribution in [3.8, 4) is 11.5 Å². The molecule has 0 atom stereocenters. The lowest BCUT2D eigenvalue weighted by molar-refractivity contribution is 0.0949. The fraction of sp³-hybridized carbons (Fsp3) is 0.118. The van der Waals surface area contributed by atoms with E-state index in [1.165, 1.54) is 6.26 Å². The Morgan fingerprint density at radius 1 is 1.13 bits per heavy atom. The average Bonchev–Trinajstić information content (AvgIpc) is 3.10. The average molecular weight is 308 g/mol. The van der Waals surface area contributed by atoms with Gasteiger partial charge >= 0.3 is 0 Å². The zero-order chi connectivity index (χ0) is 16.1. The van der Waals surface area contributed by atoms with E-state index >= 15 is 0 Å². The Bertz CT molecular complexity index is 786. The lowest BCUT2D eigenvalue weighted by Crippen LogP contribution is -2.27. The number of carbonyl (C=O) groups is 1. The minimum atomic E-state index is -0.289. The molecule has 0 radical (unpaired) electrons. The van der Waals surface area contributed by atoms with Crippen LogP contribution in [0.5, 0.6) is 0 Å². The number of hydrogen-bond acceptors (Lipinski definition) is 5. The van der Waals surface area contributed by atoms with Gasteiger partial charge in [0, 0.05) is 6.54 Å². The third-order valence-electron chi connectivity index (χ3n) is 3.29. The summed E-state index contributed by atoms with van der Waals surface area (Å²) in [5.41, 5.74) is 7.54. The van der Waals surface area contributed by atoms with Crippen LogP contribution in [-0.2, 0) is 6.42 Å². The summed E-state index contributed by atoms with van der Waals surface area (Å²) in [6.45, 7) is 0.517. The second-order valence-electron chi connectivity index (χ2n) is 4.97. The SMILES string of the molecule is Nc1nc(C(=O)NCCc2ccccc2)cc(-c2ccco2)n1. The number of nitrogens with one attached hydrogen (secondary N) is 1. The number of benzene rings is 1. The van der Waals surface area contributed by atoms with Crippen molar-refractivity contribution in [2.75, 3.05) is 12.3 Å². The maximum atomic E-state index is 12.2. The lowest BCUT2D eigenvalue weighted by atomic mass is 10.1. The normalized spacial score (nSPS) is 10.4. The van der Waals surface area contributed by atoms with Crippen LogP contribution >= 0.6 is 0 Å². The topological polar surface area (TPSA) is 94.0 Å². The smallest absolute Gasteiger partial charge is 0.270 e. The molecule has 3 rings (SSSR count). The zero-order valence-corrected chi connectivity index (χ0v) is 12.4. The molecule has 0 bridgehead atoms. The quantitative estimate of drug-likeness (QED) is 0.754. The third-order valence-corrected chi connectivity index (χ3v) is 3.29. The Balaban J connectivity index is 1.67. The summed E-state index contributed by atoms with van der Waals surface area (Å²) in [6.07, 6.45) is 2.28. The maximum Gasteiger partial charge on any atom is 0.270 e. The fourth-order valence-electron chi connectivity index (χ4n) is 2.19. The van der Waals surface area contributed by atoms with Gasteiger partial charge in [-0.25, -0.2) is 9.97 Å². The van der Waals surface area contributed by atoms with Gasteiger partial charge in [0.1, 0.15) is 11.4 Å². The van der Waals surface area contributed by atoms with E-state index in [-0.39, 0.29) is 17.5 Å². The van der Waals surface area contributed by atoms with Gasteiger partial charge in [-0.3, -0.25) is 4.79 Å². The first-order valence-electron chi connectivity index (χ1n) is 7.23. The Morgan fingerprint density at radius 3 is 2.70 bits per heavy atom. The number of furan rings is 1. The monoisotopic (exact) mass is 308 g/mol. The number of rotatable bonds is 5. The molecule has 0 unspecified atom stereocenters. The van der Waals surface area contributed by atoms with Crippen molar-refractivity contribution in [3.63, 3.8) is 0 Å². The van der Waals surface area contributed by atoms with Gasteiger partial charge in [-0.2, -0.15) is 0 Å². The molecule has 3 N–H and O–H groups in total. The zero-order valence-electron chi connectivity index (χ0n) is 12.4. The molecule has 0 saturated carbocycles. The molecule has 6 heteroatoms. The Hall–Kier alpha value is -3.15. The Labute approximate surface area is 133 Å². The predicted molar refractivity (Wildman–Crippen MR) is 86.6 cm³/mol. The van der Waals surface area contributed by atoms with Crippen molar-refractivity contribution in [3.05, 3.63) is 66.1 Å². The Kier molecular flexibility index (Phi) is 4.33. The number of aromatic nitrogens is 2. The van der Waals surface area contributed by atoms with Crippen LogP contribution in [0.3, 0.4) is 0 Å².